The molecule has 0 N–H and O–H groups in total. The van der Waals surface area contributed by atoms with Crippen LogP contribution in [0.25, 0.3) is 11.3 Å². The van der Waals surface area contributed by atoms with Crippen LogP contribution < -0.4 is 0 Å². The minimum Gasteiger partial charge on any atom is -0.321 e. The fourth-order valence-corrected chi connectivity index (χ4v) is 1.79. The quantitative estimate of drug-likeness (QED) is 0.667. The zero-order valence-corrected chi connectivity index (χ0v) is 8.96. The number of nitrogens with zero attached hydrogens (tertiary/aromatic N) is 4. The fraction of sp³-hybridized carbons (Fsp3) is 0.0909. The zero-order chi connectivity index (χ0) is 12.8. The van der Waals surface area contributed by atoms with Gasteiger partial charge in [0.25, 0.3) is 0 Å². The van der Waals surface area contributed by atoms with Crippen molar-refractivity contribution in [3.63, 3.8) is 0 Å². The van der Waals surface area contributed by atoms with Gasteiger partial charge in [-0.3, -0.25) is 4.40 Å². The highest BCUT2D eigenvalue weighted by atomic mass is 19.4. The van der Waals surface area contributed by atoms with E-state index >= 15 is 0 Å². The first kappa shape index (κ1) is 10.8. The second-order valence-corrected chi connectivity index (χ2v) is 3.70. The van der Waals surface area contributed by atoms with Crippen LogP contribution in [0.4, 0.5) is 13.2 Å². The van der Waals surface area contributed by atoms with Gasteiger partial charge >= 0.3 is 6.18 Å². The number of fused-ring (bicyclic) bond motifs is 1. The number of hydrogen-bond donors (Lipinski definition) is 0. The molecule has 0 atom stereocenters. The van der Waals surface area contributed by atoms with Crippen molar-refractivity contribution in [2.45, 2.75) is 6.18 Å². The lowest BCUT2D eigenvalue weighted by atomic mass is 10.4. The van der Waals surface area contributed by atoms with E-state index in [9.17, 15) is 13.2 Å². The summed E-state index contributed by atoms with van der Waals surface area (Å²) in [4.78, 5) is 0. The number of halogens is 3. The Morgan fingerprint density at radius 2 is 1.67 bits per heavy atom. The predicted octanol–water partition coefficient (Wildman–Crippen LogP) is 2.54. The number of pyridine rings is 1. The molecule has 3 aromatic rings. The summed E-state index contributed by atoms with van der Waals surface area (Å²) in [6.45, 7) is 0. The van der Waals surface area contributed by atoms with Crippen LogP contribution in [-0.2, 0) is 6.18 Å². The topological polar surface area (TPSA) is 35.1 Å². The minimum atomic E-state index is -4.52. The van der Waals surface area contributed by atoms with Crippen LogP contribution in [0.3, 0.4) is 0 Å². The van der Waals surface area contributed by atoms with Crippen LogP contribution >= 0.6 is 0 Å². The number of rotatable bonds is 1. The largest absolute Gasteiger partial charge is 0.452 e. The van der Waals surface area contributed by atoms with Gasteiger partial charge in [-0.1, -0.05) is 0 Å². The summed E-state index contributed by atoms with van der Waals surface area (Å²) < 4.78 is 40.7. The molecule has 0 fully saturated rings. The van der Waals surface area contributed by atoms with Gasteiger partial charge in [0.05, 0.1) is 5.69 Å². The summed E-state index contributed by atoms with van der Waals surface area (Å²) >= 11 is 0. The highest BCUT2D eigenvalue weighted by Gasteiger charge is 2.37. The molecular weight excluding hydrogens is 245 g/mol. The summed E-state index contributed by atoms with van der Waals surface area (Å²) in [5.41, 5.74) is 0.714. The van der Waals surface area contributed by atoms with Crippen molar-refractivity contribution in [1.82, 2.24) is 19.2 Å². The summed E-state index contributed by atoms with van der Waals surface area (Å²) in [6, 6.07) is 6.78. The molecule has 0 aliphatic rings. The van der Waals surface area contributed by atoms with Crippen LogP contribution in [0.15, 0.2) is 42.9 Å². The molecule has 3 rings (SSSR count). The van der Waals surface area contributed by atoms with Crippen molar-refractivity contribution in [2.24, 2.45) is 0 Å². The molecule has 92 valence electrons. The van der Waals surface area contributed by atoms with Crippen molar-refractivity contribution >= 4 is 5.65 Å². The SMILES string of the molecule is FC(F)(F)c1nnc2c(-n3cccc3)cccn12. The molecule has 0 saturated carbocycles. The first-order valence-electron chi connectivity index (χ1n) is 5.11. The maximum atomic E-state index is 12.7. The molecule has 4 nitrogen and oxygen atoms in total. The van der Waals surface area contributed by atoms with Crippen LogP contribution in [0, 0.1) is 0 Å². The molecule has 3 aromatic heterocycles. The minimum absolute atomic E-state index is 0.168. The van der Waals surface area contributed by atoms with Crippen molar-refractivity contribution in [2.75, 3.05) is 0 Å². The summed E-state index contributed by atoms with van der Waals surface area (Å²) in [7, 11) is 0. The van der Waals surface area contributed by atoms with Crippen molar-refractivity contribution in [3.05, 3.63) is 48.7 Å². The molecule has 3 heterocycles. The van der Waals surface area contributed by atoms with Crippen LogP contribution in [0.5, 0.6) is 0 Å². The molecule has 0 spiro atoms. The molecule has 0 aliphatic carbocycles. The van der Waals surface area contributed by atoms with Gasteiger partial charge in [0.15, 0.2) is 5.65 Å². The normalized spacial score (nSPS) is 12.2. The van der Waals surface area contributed by atoms with Crippen molar-refractivity contribution in [3.8, 4) is 5.69 Å². The van der Waals surface area contributed by atoms with Gasteiger partial charge in [-0.25, -0.2) is 0 Å². The predicted molar refractivity (Wildman–Crippen MR) is 57.3 cm³/mol. The van der Waals surface area contributed by atoms with Gasteiger partial charge in [0, 0.05) is 18.6 Å². The summed E-state index contributed by atoms with van der Waals surface area (Å²) in [5, 5.41) is 6.82. The molecule has 0 saturated heterocycles. The van der Waals surface area contributed by atoms with E-state index in [1.807, 2.05) is 0 Å². The van der Waals surface area contributed by atoms with E-state index in [1.165, 1.54) is 12.3 Å². The van der Waals surface area contributed by atoms with E-state index in [0.29, 0.717) is 5.69 Å². The Hall–Kier alpha value is -2.31. The van der Waals surface area contributed by atoms with E-state index < -0.39 is 12.0 Å². The number of aromatic nitrogens is 4. The van der Waals surface area contributed by atoms with Crippen molar-refractivity contribution in [1.29, 1.82) is 0 Å². The number of alkyl halides is 3. The van der Waals surface area contributed by atoms with E-state index in [0.717, 1.165) is 4.40 Å². The van der Waals surface area contributed by atoms with Crippen LogP contribution in [0.1, 0.15) is 5.82 Å². The van der Waals surface area contributed by atoms with E-state index in [4.69, 9.17) is 0 Å². The molecule has 0 aromatic carbocycles. The highest BCUT2D eigenvalue weighted by Crippen LogP contribution is 2.28. The highest BCUT2D eigenvalue weighted by molar-refractivity contribution is 5.59. The number of hydrogen-bond acceptors (Lipinski definition) is 2. The molecular formula is C11H7F3N4. The van der Waals surface area contributed by atoms with E-state index in [-0.39, 0.29) is 5.65 Å². The Kier molecular flexibility index (Phi) is 2.16. The molecule has 0 radical (unpaired) electrons. The Morgan fingerprint density at radius 3 is 2.33 bits per heavy atom. The lowest BCUT2D eigenvalue weighted by Gasteiger charge is -2.06. The maximum Gasteiger partial charge on any atom is 0.452 e. The molecule has 0 bridgehead atoms. The Balaban J connectivity index is 2.28. The maximum absolute atomic E-state index is 12.7. The van der Waals surface area contributed by atoms with Crippen molar-refractivity contribution < 1.29 is 13.2 Å². The smallest absolute Gasteiger partial charge is 0.321 e. The molecule has 0 amide bonds. The third-order valence-corrected chi connectivity index (χ3v) is 2.55. The summed E-state index contributed by atoms with van der Waals surface area (Å²) in [5.74, 6) is -1.02. The van der Waals surface area contributed by atoms with Crippen LogP contribution in [-0.4, -0.2) is 19.2 Å². The molecule has 18 heavy (non-hydrogen) atoms. The first-order chi connectivity index (χ1) is 8.57. The Labute approximate surface area is 99.3 Å². The summed E-state index contributed by atoms with van der Waals surface area (Å²) in [6.07, 6.45) is 0.244. The lowest BCUT2D eigenvalue weighted by Crippen LogP contribution is -2.10. The molecule has 0 aliphatic heterocycles. The molecule has 7 heteroatoms. The van der Waals surface area contributed by atoms with Gasteiger partial charge in [-0.05, 0) is 24.3 Å². The van der Waals surface area contributed by atoms with Gasteiger partial charge < -0.3 is 4.57 Å². The monoisotopic (exact) mass is 252 g/mol. The fourth-order valence-electron chi connectivity index (χ4n) is 1.79. The lowest BCUT2D eigenvalue weighted by molar-refractivity contribution is -0.145. The average Bonchev–Trinajstić information content (AvgIpc) is 2.96. The second-order valence-electron chi connectivity index (χ2n) is 3.70. The average molecular weight is 252 g/mol. The zero-order valence-electron chi connectivity index (χ0n) is 8.96. The van der Waals surface area contributed by atoms with Gasteiger partial charge in [-0.2, -0.15) is 13.2 Å². The van der Waals surface area contributed by atoms with E-state index in [2.05, 4.69) is 10.2 Å². The Bertz CT molecular complexity index is 682. The standard InChI is InChI=1S/C11H7F3N4/c12-11(13,14)10-16-15-9-8(4-3-7-18(9)10)17-5-1-2-6-17/h1-7H. The third-order valence-electron chi connectivity index (χ3n) is 2.55. The Morgan fingerprint density at radius 1 is 0.944 bits per heavy atom. The van der Waals surface area contributed by atoms with Gasteiger partial charge in [0.1, 0.15) is 0 Å². The van der Waals surface area contributed by atoms with Gasteiger partial charge in [0.2, 0.25) is 5.82 Å². The third kappa shape index (κ3) is 1.55. The first-order valence-corrected chi connectivity index (χ1v) is 5.11. The van der Waals surface area contributed by atoms with Crippen LogP contribution in [0.2, 0.25) is 0 Å². The molecule has 0 unspecified atom stereocenters. The second kappa shape index (κ2) is 3.59. The van der Waals surface area contributed by atoms with Gasteiger partial charge in [-0.15, -0.1) is 10.2 Å². The van der Waals surface area contributed by atoms with E-state index in [1.54, 1.807) is 35.2 Å².